The Balaban J connectivity index is 1.87. The Bertz CT molecular complexity index is 1180. The number of alkyl carbamates (subject to hydrolysis) is 2. The van der Waals surface area contributed by atoms with Crippen LogP contribution in [0.25, 0.3) is 21.5 Å². The van der Waals surface area contributed by atoms with Gasteiger partial charge in [0.2, 0.25) is 0 Å². The van der Waals surface area contributed by atoms with Crippen LogP contribution >= 0.6 is 0 Å². The molecule has 3 aromatic rings. The maximum atomic E-state index is 12.4. The Morgan fingerprint density at radius 2 is 0.935 bits per heavy atom. The third kappa shape index (κ3) is 11.9. The van der Waals surface area contributed by atoms with Gasteiger partial charge in [0.1, 0.15) is 24.7 Å². The second-order valence-electron chi connectivity index (χ2n) is 11.1. The molecule has 3 rings (SSSR count). The molecule has 0 heterocycles. The van der Waals surface area contributed by atoms with Crippen molar-refractivity contribution in [1.82, 2.24) is 10.6 Å². The van der Waals surface area contributed by atoms with E-state index in [1.807, 2.05) is 62.4 Å². The van der Waals surface area contributed by atoms with E-state index in [0.29, 0.717) is 37.8 Å². The van der Waals surface area contributed by atoms with Crippen molar-refractivity contribution in [2.75, 3.05) is 52.7 Å². The highest BCUT2D eigenvalue weighted by Gasteiger charge is 2.22. The van der Waals surface area contributed by atoms with E-state index in [4.69, 9.17) is 28.4 Å². The van der Waals surface area contributed by atoms with Gasteiger partial charge in [-0.1, -0.05) is 89.1 Å². The van der Waals surface area contributed by atoms with Crippen LogP contribution in [0, 0.1) is 0 Å². The molecule has 0 aliphatic heterocycles. The van der Waals surface area contributed by atoms with Crippen LogP contribution in [0.1, 0.15) is 66.2 Å². The molecule has 2 N–H and O–H groups in total. The summed E-state index contributed by atoms with van der Waals surface area (Å²) in [6.07, 6.45) is 3.28. The van der Waals surface area contributed by atoms with Crippen LogP contribution in [0.15, 0.2) is 48.5 Å². The van der Waals surface area contributed by atoms with Gasteiger partial charge in [-0.3, -0.25) is 0 Å². The summed E-state index contributed by atoms with van der Waals surface area (Å²) >= 11 is 0. The molecule has 0 spiro atoms. The number of carbonyl (C=O) groups is 2. The number of unbranched alkanes of at least 4 members (excludes halogenated alkanes) is 2. The number of carbonyl (C=O) groups excluding carboxylic acids is 2. The molecule has 0 radical (unpaired) electrons. The van der Waals surface area contributed by atoms with Crippen molar-refractivity contribution in [2.24, 2.45) is 0 Å². The predicted molar refractivity (Wildman–Crippen MR) is 181 cm³/mol. The molecule has 0 fully saturated rings. The molecule has 10 heteroatoms. The largest absolute Gasteiger partial charge is 0.488 e. The summed E-state index contributed by atoms with van der Waals surface area (Å²) in [6, 6.07) is 15.7. The van der Waals surface area contributed by atoms with Crippen molar-refractivity contribution in [3.63, 3.8) is 0 Å². The molecule has 0 aliphatic carbocycles. The molecular weight excluding hydrogens is 588 g/mol. The molecule has 10 nitrogen and oxygen atoms in total. The molecule has 2 unspecified atom stereocenters. The first-order chi connectivity index (χ1) is 22.5. The Labute approximate surface area is 273 Å². The highest BCUT2D eigenvalue weighted by Crippen LogP contribution is 2.42. The molecule has 0 aliphatic rings. The summed E-state index contributed by atoms with van der Waals surface area (Å²) in [5.74, 6) is 1.31. The Morgan fingerprint density at radius 1 is 0.565 bits per heavy atom. The van der Waals surface area contributed by atoms with E-state index in [9.17, 15) is 9.59 Å². The topological polar surface area (TPSA) is 114 Å². The summed E-state index contributed by atoms with van der Waals surface area (Å²) in [5.41, 5.74) is 0. The van der Waals surface area contributed by atoms with Crippen molar-refractivity contribution in [2.45, 2.75) is 78.4 Å². The van der Waals surface area contributed by atoms with Crippen LogP contribution in [0.3, 0.4) is 0 Å². The zero-order valence-corrected chi connectivity index (χ0v) is 27.9. The fraction of sp³-hybridized carbons (Fsp3) is 0.556. The number of amides is 2. The molecule has 0 bridgehead atoms. The van der Waals surface area contributed by atoms with E-state index in [0.717, 1.165) is 60.1 Å². The standard InChI is InChI=1S/C36H52N2O8/c1-5-9-21-41-23-27(45-35(39)37-19-7-3)25-43-33-29-15-11-13-17-31(29)34(32-18-14-12-16-30(32)33)44-26-28(24-42-22-10-6-2)46-36(40)38-20-8-4/h11-18,27-28H,5-10,19-26H2,1-4H3,(H,37,39)(H,38,40). The molecule has 0 saturated carbocycles. The van der Waals surface area contributed by atoms with Crippen LogP contribution in [-0.2, 0) is 18.9 Å². The minimum absolute atomic E-state index is 0.109. The fourth-order valence-electron chi connectivity index (χ4n) is 4.71. The molecule has 0 aromatic heterocycles. The molecule has 254 valence electrons. The normalized spacial score (nSPS) is 12.4. The quantitative estimate of drug-likeness (QED) is 0.0863. The highest BCUT2D eigenvalue weighted by molar-refractivity contribution is 6.11. The second-order valence-corrected chi connectivity index (χ2v) is 11.1. The summed E-state index contributed by atoms with van der Waals surface area (Å²) in [7, 11) is 0. The van der Waals surface area contributed by atoms with Gasteiger partial charge in [-0.25, -0.2) is 9.59 Å². The van der Waals surface area contributed by atoms with Crippen LogP contribution in [0.5, 0.6) is 11.5 Å². The third-order valence-corrected chi connectivity index (χ3v) is 7.14. The number of benzene rings is 3. The minimum Gasteiger partial charge on any atom is -0.488 e. The van der Waals surface area contributed by atoms with Gasteiger partial charge in [-0.05, 0) is 25.7 Å². The number of fused-ring (bicyclic) bond motifs is 2. The van der Waals surface area contributed by atoms with Gasteiger partial charge in [0.15, 0.2) is 12.2 Å². The second kappa shape index (κ2) is 21.1. The van der Waals surface area contributed by atoms with Gasteiger partial charge in [0, 0.05) is 47.8 Å². The van der Waals surface area contributed by atoms with Gasteiger partial charge in [-0.15, -0.1) is 0 Å². The fourth-order valence-corrected chi connectivity index (χ4v) is 4.71. The smallest absolute Gasteiger partial charge is 0.407 e. The van der Waals surface area contributed by atoms with Gasteiger partial charge in [-0.2, -0.15) is 0 Å². The van der Waals surface area contributed by atoms with Crippen LogP contribution < -0.4 is 20.1 Å². The Morgan fingerprint density at radius 3 is 1.26 bits per heavy atom. The summed E-state index contributed by atoms with van der Waals surface area (Å²) in [5, 5.41) is 8.89. The first-order valence-corrected chi connectivity index (χ1v) is 16.8. The number of ether oxygens (including phenoxy) is 6. The monoisotopic (exact) mass is 640 g/mol. The maximum Gasteiger partial charge on any atom is 0.407 e. The zero-order valence-electron chi connectivity index (χ0n) is 27.9. The SMILES string of the molecule is CCCCOCC(COc1c2ccccc2c(OCC(COCCCC)OC(=O)NCCC)c2ccccc12)OC(=O)NCCC. The Kier molecular flexibility index (Phi) is 16.8. The van der Waals surface area contributed by atoms with Crippen LogP contribution in [0.4, 0.5) is 9.59 Å². The molecule has 2 amide bonds. The lowest BCUT2D eigenvalue weighted by atomic mass is 10.0. The van der Waals surface area contributed by atoms with Crippen molar-refractivity contribution in [3.8, 4) is 11.5 Å². The van der Waals surface area contributed by atoms with Crippen molar-refractivity contribution in [3.05, 3.63) is 48.5 Å². The van der Waals surface area contributed by atoms with E-state index < -0.39 is 24.4 Å². The summed E-state index contributed by atoms with van der Waals surface area (Å²) in [4.78, 5) is 24.8. The average molecular weight is 641 g/mol. The van der Waals surface area contributed by atoms with Crippen molar-refractivity contribution < 1.29 is 38.0 Å². The Hall–Kier alpha value is -3.76. The zero-order chi connectivity index (χ0) is 33.0. The lowest BCUT2D eigenvalue weighted by Gasteiger charge is -2.23. The van der Waals surface area contributed by atoms with Crippen molar-refractivity contribution in [1.29, 1.82) is 0 Å². The lowest BCUT2D eigenvalue weighted by molar-refractivity contribution is -0.00219. The van der Waals surface area contributed by atoms with Crippen LogP contribution in [0.2, 0.25) is 0 Å². The highest BCUT2D eigenvalue weighted by atomic mass is 16.6. The number of hydrogen-bond acceptors (Lipinski definition) is 8. The number of hydrogen-bond donors (Lipinski definition) is 2. The molecular formula is C36H52N2O8. The van der Waals surface area contributed by atoms with Crippen molar-refractivity contribution >= 4 is 33.7 Å². The molecule has 0 saturated heterocycles. The van der Waals surface area contributed by atoms with E-state index in [2.05, 4.69) is 24.5 Å². The van der Waals surface area contributed by atoms with Gasteiger partial charge >= 0.3 is 12.2 Å². The van der Waals surface area contributed by atoms with E-state index in [-0.39, 0.29) is 26.4 Å². The van der Waals surface area contributed by atoms with E-state index in [1.54, 1.807) is 0 Å². The van der Waals surface area contributed by atoms with E-state index >= 15 is 0 Å². The molecule has 46 heavy (non-hydrogen) atoms. The minimum atomic E-state index is -0.605. The third-order valence-electron chi connectivity index (χ3n) is 7.14. The van der Waals surface area contributed by atoms with Crippen LogP contribution in [-0.4, -0.2) is 77.1 Å². The van der Waals surface area contributed by atoms with E-state index in [1.165, 1.54) is 0 Å². The molecule has 3 aromatic carbocycles. The molecule has 2 atom stereocenters. The average Bonchev–Trinajstić information content (AvgIpc) is 3.07. The predicted octanol–water partition coefficient (Wildman–Crippen LogP) is 7.39. The lowest BCUT2D eigenvalue weighted by Crippen LogP contribution is -2.35. The first kappa shape index (κ1) is 36.7. The summed E-state index contributed by atoms with van der Waals surface area (Å²) < 4.78 is 35.9. The maximum absolute atomic E-state index is 12.4. The number of rotatable bonds is 22. The van der Waals surface area contributed by atoms with Gasteiger partial charge < -0.3 is 39.1 Å². The van der Waals surface area contributed by atoms with Gasteiger partial charge in [0.05, 0.1) is 13.2 Å². The summed E-state index contributed by atoms with van der Waals surface area (Å²) in [6.45, 7) is 11.1. The first-order valence-electron chi connectivity index (χ1n) is 16.8. The van der Waals surface area contributed by atoms with Gasteiger partial charge in [0.25, 0.3) is 0 Å². The number of nitrogens with one attached hydrogen (secondary N) is 2.